The fourth-order valence-electron chi connectivity index (χ4n) is 0. The van der Waals surface area contributed by atoms with E-state index in [4.69, 9.17) is 0 Å². The van der Waals surface area contributed by atoms with E-state index < -0.39 is 0 Å². The van der Waals surface area contributed by atoms with Gasteiger partial charge in [-0.05, 0) is 11.3 Å². The lowest BCUT2D eigenvalue weighted by molar-refractivity contribution is 0.469. The van der Waals surface area contributed by atoms with Gasteiger partial charge in [0.25, 0.3) is 0 Å². The molecule has 0 amide bonds. The lowest BCUT2D eigenvalue weighted by Crippen LogP contribution is -1.93. The Bertz CT molecular complexity index is 63.8. The van der Waals surface area contributed by atoms with Gasteiger partial charge in [-0.2, -0.15) is 0 Å². The van der Waals surface area contributed by atoms with Crippen molar-refractivity contribution in [3.63, 3.8) is 0 Å². The lowest BCUT2D eigenvalue weighted by atomic mass is 10.0. The van der Waals surface area contributed by atoms with E-state index in [9.17, 15) is 0 Å². The molecule has 0 saturated carbocycles. The fourth-order valence-corrected chi connectivity index (χ4v) is 0. The Morgan fingerprint density at radius 2 is 0.722 bits per heavy atom. The SMILES string of the molecule is CC.CC(C)(C)C.CC(C)C.CCC.CCCC. The molecular weight excluding hydrogens is 216 g/mol. The van der Waals surface area contributed by atoms with Crippen LogP contribution in [0.4, 0.5) is 0 Å². The normalized spacial score (nSPS) is 8.33. The molecule has 0 aromatic heterocycles. The Labute approximate surface area is 121 Å². The molecule has 0 rings (SSSR count). The van der Waals surface area contributed by atoms with Crippen molar-refractivity contribution in [3.05, 3.63) is 0 Å². The van der Waals surface area contributed by atoms with E-state index in [0.717, 1.165) is 5.92 Å². The monoisotopic (exact) mass is 262 g/mol. The van der Waals surface area contributed by atoms with Crippen LogP contribution in [-0.2, 0) is 0 Å². The molecule has 0 N–H and O–H groups in total. The summed E-state index contributed by atoms with van der Waals surface area (Å²) in [5.74, 6) is 0.833. The number of hydrogen-bond acceptors (Lipinski definition) is 0. The number of rotatable bonds is 1. The molecule has 18 heavy (non-hydrogen) atoms. The molecular formula is C18H46. The molecule has 0 aromatic carbocycles. The third-order valence-corrected chi connectivity index (χ3v) is 0.500. The van der Waals surface area contributed by atoms with Gasteiger partial charge in [0, 0.05) is 0 Å². The number of hydrogen-bond donors (Lipinski definition) is 0. The molecule has 0 radical (unpaired) electrons. The predicted octanol–water partition coefficient (Wildman–Crippen LogP) is 7.96. The van der Waals surface area contributed by atoms with Gasteiger partial charge in [-0.1, -0.05) is 109 Å². The number of unbranched alkanes of at least 4 members (excludes halogenated alkanes) is 1. The Kier molecular flexibility index (Phi) is 51.7. The second-order valence-corrected chi connectivity index (χ2v) is 6.44. The first-order chi connectivity index (χ1) is 8.06. The van der Waals surface area contributed by atoms with Crippen LogP contribution in [-0.4, -0.2) is 0 Å². The Morgan fingerprint density at radius 1 is 0.667 bits per heavy atom. The predicted molar refractivity (Wildman–Crippen MR) is 93.5 cm³/mol. The highest BCUT2D eigenvalue weighted by molar-refractivity contribution is 4.47. The van der Waals surface area contributed by atoms with Crippen LogP contribution in [0, 0.1) is 11.3 Å². The van der Waals surface area contributed by atoms with Crippen molar-refractivity contribution in [1.29, 1.82) is 0 Å². The van der Waals surface area contributed by atoms with E-state index in [0.29, 0.717) is 5.41 Å². The first-order valence-electron chi connectivity index (χ1n) is 8.06. The van der Waals surface area contributed by atoms with E-state index in [-0.39, 0.29) is 0 Å². The average molecular weight is 263 g/mol. The van der Waals surface area contributed by atoms with Gasteiger partial charge in [0.15, 0.2) is 0 Å². The molecule has 0 heteroatoms. The van der Waals surface area contributed by atoms with Crippen molar-refractivity contribution in [3.8, 4) is 0 Å². The molecule has 0 nitrogen and oxygen atoms in total. The van der Waals surface area contributed by atoms with Gasteiger partial charge in [-0.25, -0.2) is 0 Å². The maximum atomic E-state index is 2.19. The second kappa shape index (κ2) is 30.2. The van der Waals surface area contributed by atoms with Crippen LogP contribution in [0.2, 0.25) is 0 Å². The molecule has 0 bridgehead atoms. The summed E-state index contributed by atoms with van der Waals surface area (Å²) in [6, 6.07) is 0. The summed E-state index contributed by atoms with van der Waals surface area (Å²) in [5.41, 5.74) is 0.500. The summed E-state index contributed by atoms with van der Waals surface area (Å²) >= 11 is 0. The topological polar surface area (TPSA) is 0 Å². The van der Waals surface area contributed by atoms with Crippen molar-refractivity contribution < 1.29 is 0 Å². The zero-order chi connectivity index (χ0) is 16.2. The van der Waals surface area contributed by atoms with Gasteiger partial charge in [0.2, 0.25) is 0 Å². The van der Waals surface area contributed by atoms with Gasteiger partial charge < -0.3 is 0 Å². The summed E-state index contributed by atoms with van der Waals surface area (Å²) in [5, 5.41) is 0. The summed E-state index contributed by atoms with van der Waals surface area (Å²) in [4.78, 5) is 0. The smallest absolute Gasteiger partial charge is 0.0411 e. The third kappa shape index (κ3) is 3600. The van der Waals surface area contributed by atoms with Gasteiger partial charge in [0.05, 0.1) is 0 Å². The molecule has 0 aliphatic rings. The summed E-state index contributed by atoms with van der Waals surface area (Å²) in [7, 11) is 0. The highest BCUT2D eigenvalue weighted by Gasteiger charge is 1.95. The molecule has 0 saturated heterocycles. The average Bonchev–Trinajstić information content (AvgIpc) is 2.18. The molecule has 118 valence electrons. The van der Waals surface area contributed by atoms with Crippen LogP contribution < -0.4 is 0 Å². The van der Waals surface area contributed by atoms with Crippen LogP contribution in [0.3, 0.4) is 0 Å². The summed E-state index contributed by atoms with van der Waals surface area (Å²) in [6.45, 7) is 27.9. The van der Waals surface area contributed by atoms with E-state index in [1.165, 1.54) is 19.3 Å². The van der Waals surface area contributed by atoms with E-state index in [1.54, 1.807) is 0 Å². The highest BCUT2D eigenvalue weighted by atomic mass is 14.0. The van der Waals surface area contributed by atoms with E-state index in [2.05, 4.69) is 76.2 Å². The minimum atomic E-state index is 0.500. The second-order valence-electron chi connectivity index (χ2n) is 6.44. The van der Waals surface area contributed by atoms with Crippen LogP contribution in [0.5, 0.6) is 0 Å². The van der Waals surface area contributed by atoms with Crippen molar-refractivity contribution in [1.82, 2.24) is 0 Å². The van der Waals surface area contributed by atoms with Crippen molar-refractivity contribution in [2.75, 3.05) is 0 Å². The summed E-state index contributed by atoms with van der Waals surface area (Å²) < 4.78 is 0. The van der Waals surface area contributed by atoms with E-state index >= 15 is 0 Å². The van der Waals surface area contributed by atoms with Crippen LogP contribution >= 0.6 is 0 Å². The van der Waals surface area contributed by atoms with Crippen molar-refractivity contribution in [2.45, 2.75) is 109 Å². The van der Waals surface area contributed by atoms with Gasteiger partial charge in [-0.15, -0.1) is 0 Å². The fraction of sp³-hybridized carbons (Fsp3) is 1.00. The molecule has 0 fully saturated rings. The van der Waals surface area contributed by atoms with Crippen LogP contribution in [0.15, 0.2) is 0 Å². The first kappa shape index (κ1) is 30.8. The Balaban J connectivity index is -0.0000000404. The van der Waals surface area contributed by atoms with E-state index in [1.807, 2.05) is 13.8 Å². The minimum absolute atomic E-state index is 0.500. The summed E-state index contributed by atoms with van der Waals surface area (Å²) in [6.07, 6.45) is 3.89. The molecule has 0 aliphatic carbocycles. The Morgan fingerprint density at radius 3 is 0.722 bits per heavy atom. The quantitative estimate of drug-likeness (QED) is 0.449. The standard InChI is InChI=1S/C5H12.2C4H10.C3H8.C2H6/c1-5(2,3)4;1-4(2)3;1-3-4-2;1-3-2;1-2/h1-4H3;4H,1-3H3;3-4H2,1-2H3;3H2,1-2H3;1-2H3. The zero-order valence-electron chi connectivity index (χ0n) is 16.2. The minimum Gasteiger partial charge on any atom is -0.0683 e. The van der Waals surface area contributed by atoms with Gasteiger partial charge in [0.1, 0.15) is 0 Å². The highest BCUT2D eigenvalue weighted by Crippen LogP contribution is 2.08. The maximum absolute atomic E-state index is 2.19. The first-order valence-corrected chi connectivity index (χ1v) is 8.06. The van der Waals surface area contributed by atoms with Gasteiger partial charge in [-0.3, -0.25) is 0 Å². The molecule has 0 unspecified atom stereocenters. The molecule has 0 atom stereocenters. The molecule has 0 aliphatic heterocycles. The zero-order valence-corrected chi connectivity index (χ0v) is 16.2. The van der Waals surface area contributed by atoms with Crippen LogP contribution in [0.25, 0.3) is 0 Å². The maximum Gasteiger partial charge on any atom is -0.0411 e. The molecule has 0 spiro atoms. The van der Waals surface area contributed by atoms with Crippen molar-refractivity contribution >= 4 is 0 Å². The molecule has 0 heterocycles. The third-order valence-electron chi connectivity index (χ3n) is 0.500. The van der Waals surface area contributed by atoms with Gasteiger partial charge >= 0.3 is 0 Å². The lowest BCUT2D eigenvalue weighted by Gasteiger charge is -2.05. The largest absolute Gasteiger partial charge is 0.0683 e. The molecule has 0 aromatic rings. The van der Waals surface area contributed by atoms with Crippen LogP contribution in [0.1, 0.15) is 109 Å². The Hall–Kier alpha value is 0. The van der Waals surface area contributed by atoms with Crippen molar-refractivity contribution in [2.24, 2.45) is 11.3 Å².